The molecule has 0 saturated heterocycles. The molecule has 1 amide bonds. The normalized spacial score (nSPS) is 11.0. The molecule has 0 aliphatic rings. The van der Waals surface area contributed by atoms with E-state index in [1.165, 1.54) is 17.6 Å². The number of rotatable bonds is 10. The molecule has 1 N–H and O–H groups in total. The lowest BCUT2D eigenvalue weighted by molar-refractivity contribution is 0.0923. The van der Waals surface area contributed by atoms with Gasteiger partial charge in [-0.1, -0.05) is 24.3 Å². The molecule has 37 heavy (non-hydrogen) atoms. The Morgan fingerprint density at radius 3 is 2.54 bits per heavy atom. The van der Waals surface area contributed by atoms with Gasteiger partial charge in [0, 0.05) is 27.7 Å². The lowest BCUT2D eigenvalue weighted by atomic mass is 10.2. The average Bonchev–Trinajstić information content (AvgIpc) is 3.49. The molecule has 9 heteroatoms. The number of hydrazone groups is 1. The Hall–Kier alpha value is -3.75. The molecule has 0 bridgehead atoms. The molecule has 190 valence electrons. The summed E-state index contributed by atoms with van der Waals surface area (Å²) in [6.07, 6.45) is 3.07. The third-order valence-electron chi connectivity index (χ3n) is 5.38. The summed E-state index contributed by atoms with van der Waals surface area (Å²) >= 11 is 9.55. The number of amides is 1. The molecule has 2 heterocycles. The van der Waals surface area contributed by atoms with Crippen LogP contribution in [0.3, 0.4) is 0 Å². The molecule has 0 saturated carbocycles. The van der Waals surface area contributed by atoms with Gasteiger partial charge in [-0.25, -0.2) is 5.43 Å². The number of benzene rings is 2. The van der Waals surface area contributed by atoms with Crippen molar-refractivity contribution in [3.05, 3.63) is 111 Å². The molecule has 7 nitrogen and oxygen atoms in total. The van der Waals surface area contributed by atoms with Crippen molar-refractivity contribution in [3.63, 3.8) is 0 Å². The molecule has 2 aromatic carbocycles. The number of furan rings is 1. The van der Waals surface area contributed by atoms with Crippen LogP contribution in [0.5, 0.6) is 11.5 Å². The first-order valence-electron chi connectivity index (χ1n) is 11.4. The first-order chi connectivity index (χ1) is 17.9. The predicted octanol–water partition coefficient (Wildman–Crippen LogP) is 7.01. The van der Waals surface area contributed by atoms with E-state index in [-0.39, 0.29) is 12.4 Å². The zero-order chi connectivity index (χ0) is 26.4. The smallest absolute Gasteiger partial charge is 0.307 e. The molecule has 0 atom stereocenters. The Kier molecular flexibility index (Phi) is 8.53. The van der Waals surface area contributed by atoms with Crippen LogP contribution in [0.15, 0.2) is 87.3 Å². The van der Waals surface area contributed by atoms with E-state index in [2.05, 4.69) is 63.6 Å². The number of ether oxygens (including phenoxy) is 2. The second kappa shape index (κ2) is 12.0. The number of hydrogen-bond acceptors (Lipinski definition) is 5. The molecule has 0 radical (unpaired) electrons. The SMILES string of the molecule is C=CCOc1c(Br)cc(Cl)cc1/C=N/NC(=O)c1ccc(COc2ccc(-n3c(C)ccc3C)cc2)o1. The molecule has 2 aromatic heterocycles. The Balaban J connectivity index is 1.34. The quantitative estimate of drug-likeness (QED) is 0.124. The van der Waals surface area contributed by atoms with Crippen molar-refractivity contribution in [2.24, 2.45) is 5.10 Å². The highest BCUT2D eigenvalue weighted by molar-refractivity contribution is 9.10. The standard InChI is InChI=1S/C28H25BrClN3O4/c1-4-13-35-27-20(14-21(30)15-25(27)29)16-31-32-28(34)26-12-11-24(37-26)17-36-23-9-7-22(8-10-23)33-18(2)5-6-19(33)3/h4-12,14-16H,1,13,17H2,2-3H3,(H,32,34)/b31-16+. The summed E-state index contributed by atoms with van der Waals surface area (Å²) in [7, 11) is 0. The van der Waals surface area contributed by atoms with Crippen molar-refractivity contribution >= 4 is 39.7 Å². The fraction of sp³-hybridized carbons (Fsp3) is 0.143. The van der Waals surface area contributed by atoms with Crippen molar-refractivity contribution < 1.29 is 18.7 Å². The largest absolute Gasteiger partial charge is 0.488 e. The summed E-state index contributed by atoms with van der Waals surface area (Å²) in [5.41, 5.74) is 6.43. The van der Waals surface area contributed by atoms with E-state index in [0.29, 0.717) is 38.9 Å². The third kappa shape index (κ3) is 6.53. The number of carbonyl (C=O) groups is 1. The number of halogens is 2. The third-order valence-corrected chi connectivity index (χ3v) is 6.19. The van der Waals surface area contributed by atoms with Crippen LogP contribution in [0.2, 0.25) is 5.02 Å². The number of carbonyl (C=O) groups excluding carboxylic acids is 1. The second-order valence-electron chi connectivity index (χ2n) is 8.10. The van der Waals surface area contributed by atoms with Gasteiger partial charge in [0.25, 0.3) is 0 Å². The van der Waals surface area contributed by atoms with Crippen molar-refractivity contribution in [2.45, 2.75) is 20.5 Å². The molecule has 0 aliphatic heterocycles. The van der Waals surface area contributed by atoms with Gasteiger partial charge in [0.05, 0.1) is 10.7 Å². The molecular weight excluding hydrogens is 558 g/mol. The number of hydrogen-bond donors (Lipinski definition) is 1. The molecular formula is C28H25BrClN3O4. The van der Waals surface area contributed by atoms with Crippen LogP contribution in [0.25, 0.3) is 5.69 Å². The van der Waals surface area contributed by atoms with Crippen LogP contribution < -0.4 is 14.9 Å². The lowest BCUT2D eigenvalue weighted by Gasteiger charge is -2.10. The number of nitrogens with one attached hydrogen (secondary N) is 1. The first kappa shape index (κ1) is 26.3. The van der Waals surface area contributed by atoms with Crippen LogP contribution in [-0.2, 0) is 6.61 Å². The molecule has 0 spiro atoms. The van der Waals surface area contributed by atoms with E-state index in [1.807, 2.05) is 24.3 Å². The van der Waals surface area contributed by atoms with Gasteiger partial charge in [-0.2, -0.15) is 5.10 Å². The zero-order valence-electron chi connectivity index (χ0n) is 20.3. The molecule has 4 aromatic rings. The fourth-order valence-corrected chi connectivity index (χ4v) is 4.63. The average molecular weight is 583 g/mol. The van der Waals surface area contributed by atoms with Crippen LogP contribution >= 0.6 is 27.5 Å². The summed E-state index contributed by atoms with van der Waals surface area (Å²) in [6.45, 7) is 8.27. The van der Waals surface area contributed by atoms with E-state index in [4.69, 9.17) is 25.5 Å². The van der Waals surface area contributed by atoms with Crippen LogP contribution in [0.4, 0.5) is 0 Å². The fourth-order valence-electron chi connectivity index (χ4n) is 3.69. The molecule has 0 aliphatic carbocycles. The van der Waals surface area contributed by atoms with E-state index < -0.39 is 5.91 Å². The minimum Gasteiger partial charge on any atom is -0.488 e. The van der Waals surface area contributed by atoms with Crippen LogP contribution in [0.1, 0.15) is 33.3 Å². The maximum Gasteiger partial charge on any atom is 0.307 e. The number of aromatic nitrogens is 1. The van der Waals surface area contributed by atoms with Crippen molar-refractivity contribution in [3.8, 4) is 17.2 Å². The van der Waals surface area contributed by atoms with Crippen LogP contribution in [0, 0.1) is 13.8 Å². The van der Waals surface area contributed by atoms with Gasteiger partial charge in [-0.3, -0.25) is 4.79 Å². The highest BCUT2D eigenvalue weighted by Crippen LogP contribution is 2.32. The van der Waals surface area contributed by atoms with Gasteiger partial charge in [0.1, 0.15) is 30.5 Å². The first-order valence-corrected chi connectivity index (χ1v) is 12.6. The Bertz CT molecular complexity index is 1420. The van der Waals surface area contributed by atoms with Gasteiger partial charge in [-0.05, 0) is 90.4 Å². The van der Waals surface area contributed by atoms with Gasteiger partial charge < -0.3 is 18.5 Å². The van der Waals surface area contributed by atoms with Gasteiger partial charge in [0.15, 0.2) is 5.76 Å². The van der Waals surface area contributed by atoms with Crippen molar-refractivity contribution in [2.75, 3.05) is 6.61 Å². The summed E-state index contributed by atoms with van der Waals surface area (Å²) < 4.78 is 19.9. The molecule has 0 unspecified atom stereocenters. The highest BCUT2D eigenvalue weighted by Gasteiger charge is 2.12. The van der Waals surface area contributed by atoms with Crippen molar-refractivity contribution in [1.82, 2.24) is 9.99 Å². The topological polar surface area (TPSA) is 78.0 Å². The lowest BCUT2D eigenvalue weighted by Crippen LogP contribution is -2.17. The van der Waals surface area contributed by atoms with Gasteiger partial charge in [-0.15, -0.1) is 0 Å². The Morgan fingerprint density at radius 2 is 1.84 bits per heavy atom. The monoisotopic (exact) mass is 581 g/mol. The van der Waals surface area contributed by atoms with Gasteiger partial charge >= 0.3 is 5.91 Å². The van der Waals surface area contributed by atoms with Crippen molar-refractivity contribution in [1.29, 1.82) is 0 Å². The minimum atomic E-state index is -0.501. The highest BCUT2D eigenvalue weighted by atomic mass is 79.9. The van der Waals surface area contributed by atoms with E-state index >= 15 is 0 Å². The summed E-state index contributed by atoms with van der Waals surface area (Å²) in [4.78, 5) is 12.5. The Labute approximate surface area is 228 Å². The van der Waals surface area contributed by atoms with Gasteiger partial charge in [0.2, 0.25) is 0 Å². The van der Waals surface area contributed by atoms with E-state index in [1.54, 1.807) is 30.3 Å². The number of aryl methyl sites for hydroxylation is 2. The molecule has 4 rings (SSSR count). The summed E-state index contributed by atoms with van der Waals surface area (Å²) in [6, 6.07) is 18.6. The maximum atomic E-state index is 12.5. The minimum absolute atomic E-state index is 0.111. The maximum absolute atomic E-state index is 12.5. The van der Waals surface area contributed by atoms with E-state index in [9.17, 15) is 4.79 Å². The summed E-state index contributed by atoms with van der Waals surface area (Å²) in [5.74, 6) is 1.35. The molecule has 0 fully saturated rings. The van der Waals surface area contributed by atoms with E-state index in [0.717, 1.165) is 5.69 Å². The summed E-state index contributed by atoms with van der Waals surface area (Å²) in [5, 5.41) is 4.50. The van der Waals surface area contributed by atoms with Crippen LogP contribution in [-0.4, -0.2) is 23.3 Å². The second-order valence-corrected chi connectivity index (χ2v) is 9.40. The predicted molar refractivity (Wildman–Crippen MR) is 148 cm³/mol. The zero-order valence-corrected chi connectivity index (χ0v) is 22.7. The number of nitrogens with zero attached hydrogens (tertiary/aromatic N) is 2. The Morgan fingerprint density at radius 1 is 1.11 bits per heavy atom.